The number of nitrogens with one attached hydrogen (secondary N) is 2. The van der Waals surface area contributed by atoms with E-state index < -0.39 is 11.0 Å². The van der Waals surface area contributed by atoms with Gasteiger partial charge in [-0.3, -0.25) is 14.5 Å². The van der Waals surface area contributed by atoms with Crippen molar-refractivity contribution in [2.45, 2.75) is 6.54 Å². The first-order valence-electron chi connectivity index (χ1n) is 11.6. The molecule has 0 saturated carbocycles. The van der Waals surface area contributed by atoms with Gasteiger partial charge in [-0.15, -0.1) is 0 Å². The average molecular weight is 588 g/mol. The number of hydrogen-bond acceptors (Lipinski definition) is 9. The third-order valence-corrected chi connectivity index (χ3v) is 6.72. The van der Waals surface area contributed by atoms with Crippen LogP contribution in [0.5, 0.6) is 0 Å². The van der Waals surface area contributed by atoms with Gasteiger partial charge in [-0.2, -0.15) is 5.26 Å². The van der Waals surface area contributed by atoms with Crippen molar-refractivity contribution in [1.82, 2.24) is 19.4 Å². The molecule has 1 aliphatic rings. The molecule has 37 heavy (non-hydrogen) atoms. The number of thiol groups is 1. The maximum atomic E-state index is 13.4. The van der Waals surface area contributed by atoms with Crippen molar-refractivity contribution in [2.75, 3.05) is 63.7 Å². The first kappa shape index (κ1) is 27.0. The van der Waals surface area contributed by atoms with Gasteiger partial charge in [0.1, 0.15) is 23.1 Å². The summed E-state index contributed by atoms with van der Waals surface area (Å²) in [6.07, 6.45) is 3.12. The number of pyridine rings is 2. The van der Waals surface area contributed by atoms with Gasteiger partial charge >= 0.3 is 0 Å². The van der Waals surface area contributed by atoms with Crippen LogP contribution in [0.4, 0.5) is 11.5 Å². The van der Waals surface area contributed by atoms with Gasteiger partial charge < -0.3 is 24.7 Å². The Morgan fingerprint density at radius 1 is 1.30 bits per heavy atom. The van der Waals surface area contributed by atoms with Gasteiger partial charge in [-0.1, -0.05) is 12.6 Å². The van der Waals surface area contributed by atoms with Gasteiger partial charge in [0.05, 0.1) is 42.2 Å². The fourth-order valence-electron chi connectivity index (χ4n) is 3.99. The van der Waals surface area contributed by atoms with Gasteiger partial charge in [0.15, 0.2) is 0 Å². The van der Waals surface area contributed by atoms with Crippen LogP contribution in [0.1, 0.15) is 26.4 Å². The summed E-state index contributed by atoms with van der Waals surface area (Å²) >= 11 is 7.32. The second-order valence-corrected chi connectivity index (χ2v) is 9.54. The van der Waals surface area contributed by atoms with Crippen molar-refractivity contribution >= 4 is 62.1 Å². The van der Waals surface area contributed by atoms with Crippen LogP contribution in [0.25, 0.3) is 11.0 Å². The van der Waals surface area contributed by atoms with E-state index in [1.165, 1.54) is 6.20 Å². The molecule has 4 rings (SSSR count). The normalized spacial score (nSPS) is 13.9. The van der Waals surface area contributed by atoms with Crippen LogP contribution in [0, 0.1) is 11.3 Å². The number of carbonyl (C=O) groups is 2. The minimum atomic E-state index is -0.512. The molecule has 4 heterocycles. The van der Waals surface area contributed by atoms with E-state index in [4.69, 9.17) is 9.47 Å². The SMILES string of the molecule is COCCNc1cc(NC(=O)c2cn(CCN3CCOCC3)c3cc(Br)c(C(=O)S)nc23)ncc1C#N. The summed E-state index contributed by atoms with van der Waals surface area (Å²) < 4.78 is 12.9. The number of nitriles is 1. The summed E-state index contributed by atoms with van der Waals surface area (Å²) in [5.41, 5.74) is 2.38. The molecule has 1 fully saturated rings. The molecule has 13 heteroatoms. The molecular weight excluding hydrogens is 562 g/mol. The zero-order valence-corrected chi connectivity index (χ0v) is 22.6. The number of amides is 1. The Bertz CT molecular complexity index is 1350. The van der Waals surface area contributed by atoms with Gasteiger partial charge in [0, 0.05) is 62.8 Å². The molecule has 1 saturated heterocycles. The summed E-state index contributed by atoms with van der Waals surface area (Å²) in [6, 6.07) is 5.45. The minimum Gasteiger partial charge on any atom is -0.383 e. The molecule has 1 aliphatic heterocycles. The fourth-order valence-corrected chi connectivity index (χ4v) is 4.80. The lowest BCUT2D eigenvalue weighted by Gasteiger charge is -2.26. The quantitative estimate of drug-likeness (QED) is 0.242. The molecule has 0 atom stereocenters. The molecule has 1 amide bonds. The highest BCUT2D eigenvalue weighted by Crippen LogP contribution is 2.28. The van der Waals surface area contributed by atoms with E-state index in [0.717, 1.165) is 19.6 Å². The van der Waals surface area contributed by atoms with Gasteiger partial charge in [-0.25, -0.2) is 9.97 Å². The van der Waals surface area contributed by atoms with E-state index in [1.807, 2.05) is 4.57 Å². The van der Waals surface area contributed by atoms with E-state index >= 15 is 0 Å². The van der Waals surface area contributed by atoms with Crippen LogP contribution in [-0.2, 0) is 16.0 Å². The van der Waals surface area contributed by atoms with Crippen LogP contribution in [0.3, 0.4) is 0 Å². The Hall–Kier alpha value is -3.02. The molecule has 11 nitrogen and oxygen atoms in total. The smallest absolute Gasteiger partial charge is 0.260 e. The predicted octanol–water partition coefficient (Wildman–Crippen LogP) is 2.78. The average Bonchev–Trinajstić information content (AvgIpc) is 3.25. The highest BCUT2D eigenvalue weighted by atomic mass is 79.9. The van der Waals surface area contributed by atoms with Crippen molar-refractivity contribution in [1.29, 1.82) is 5.26 Å². The van der Waals surface area contributed by atoms with Crippen LogP contribution in [0.2, 0.25) is 0 Å². The minimum absolute atomic E-state index is 0.122. The van der Waals surface area contributed by atoms with Crippen molar-refractivity contribution in [3.63, 3.8) is 0 Å². The van der Waals surface area contributed by atoms with Crippen molar-refractivity contribution in [2.24, 2.45) is 0 Å². The largest absolute Gasteiger partial charge is 0.383 e. The van der Waals surface area contributed by atoms with Gasteiger partial charge in [0.2, 0.25) is 5.12 Å². The van der Waals surface area contributed by atoms with Crippen molar-refractivity contribution in [3.05, 3.63) is 45.8 Å². The topological polar surface area (TPSA) is 134 Å². The lowest BCUT2D eigenvalue weighted by atomic mass is 10.2. The molecular formula is C24H26BrN7O4S. The molecule has 3 aromatic heterocycles. The summed E-state index contributed by atoms with van der Waals surface area (Å²) in [5, 5.41) is 14.8. The zero-order chi connectivity index (χ0) is 26.4. The molecule has 3 aromatic rings. The van der Waals surface area contributed by atoms with Crippen molar-refractivity contribution < 1.29 is 19.1 Å². The number of ether oxygens (including phenoxy) is 2. The molecule has 0 aromatic carbocycles. The highest BCUT2D eigenvalue weighted by molar-refractivity contribution is 9.10. The maximum absolute atomic E-state index is 13.4. The van der Waals surface area contributed by atoms with E-state index in [0.29, 0.717) is 65.2 Å². The Labute approximate surface area is 227 Å². The number of halogens is 1. The summed E-state index contributed by atoms with van der Waals surface area (Å²) in [5.74, 6) is -0.178. The number of fused-ring (bicyclic) bond motifs is 1. The standard InChI is InChI=1S/C24H26BrN7O4S/c1-35-7-2-27-18-11-20(28-13-15(18)12-26)29-23(33)16-14-32(4-3-31-5-8-36-9-6-31)19-10-17(25)22(24(34)37)30-21(16)19/h10-11,13-14H,2-9H2,1H3,(H,34,37)(H2,27,28,29,33). The van der Waals surface area contributed by atoms with Gasteiger partial charge in [-0.05, 0) is 22.0 Å². The summed E-state index contributed by atoms with van der Waals surface area (Å²) in [6.45, 7) is 5.41. The molecule has 0 aliphatic carbocycles. The van der Waals surface area contributed by atoms with Gasteiger partial charge in [0.25, 0.3) is 5.91 Å². The summed E-state index contributed by atoms with van der Waals surface area (Å²) in [4.78, 5) is 36.4. The Morgan fingerprint density at radius 3 is 2.78 bits per heavy atom. The van der Waals surface area contributed by atoms with Crippen LogP contribution in [0.15, 0.2) is 29.0 Å². The van der Waals surface area contributed by atoms with E-state index in [1.54, 1.807) is 25.4 Å². The Kier molecular flexibility index (Phi) is 9.12. The van der Waals surface area contributed by atoms with E-state index in [9.17, 15) is 14.9 Å². The number of methoxy groups -OCH3 is 1. The van der Waals surface area contributed by atoms with E-state index in [-0.39, 0.29) is 11.5 Å². The molecule has 0 bridgehead atoms. The van der Waals surface area contributed by atoms with E-state index in [2.05, 4.69) is 60.1 Å². The fraction of sp³-hybridized carbons (Fsp3) is 0.375. The number of aromatic nitrogens is 3. The number of hydrogen-bond donors (Lipinski definition) is 3. The van der Waals surface area contributed by atoms with Crippen molar-refractivity contribution in [3.8, 4) is 6.07 Å². The third kappa shape index (κ3) is 6.46. The maximum Gasteiger partial charge on any atom is 0.260 e. The summed E-state index contributed by atoms with van der Waals surface area (Å²) in [7, 11) is 1.59. The van der Waals surface area contributed by atoms with Crippen LogP contribution < -0.4 is 10.6 Å². The molecule has 2 N–H and O–H groups in total. The molecule has 194 valence electrons. The first-order valence-corrected chi connectivity index (χ1v) is 12.8. The predicted molar refractivity (Wildman–Crippen MR) is 145 cm³/mol. The Balaban J connectivity index is 1.64. The number of rotatable bonds is 10. The highest BCUT2D eigenvalue weighted by Gasteiger charge is 2.22. The number of nitrogens with zero attached hydrogens (tertiary/aromatic N) is 5. The zero-order valence-electron chi connectivity index (χ0n) is 20.2. The Morgan fingerprint density at radius 2 is 2.08 bits per heavy atom. The van der Waals surface area contributed by atoms with Crippen LogP contribution in [-0.4, -0.2) is 83.6 Å². The monoisotopic (exact) mass is 587 g/mol. The molecule has 0 unspecified atom stereocenters. The first-order chi connectivity index (χ1) is 17.9. The number of morpholine rings is 1. The molecule has 0 spiro atoms. The number of anilines is 2. The van der Waals surface area contributed by atoms with Crippen LogP contribution >= 0.6 is 28.6 Å². The second kappa shape index (κ2) is 12.5. The number of carbonyl (C=O) groups excluding carboxylic acids is 2. The molecule has 0 radical (unpaired) electrons. The lowest BCUT2D eigenvalue weighted by molar-refractivity contribution is 0.0365. The lowest BCUT2D eigenvalue weighted by Crippen LogP contribution is -2.38. The third-order valence-electron chi connectivity index (χ3n) is 5.90. The second-order valence-electron chi connectivity index (χ2n) is 8.28.